The van der Waals surface area contributed by atoms with E-state index in [0.717, 1.165) is 6.04 Å². The lowest BCUT2D eigenvalue weighted by molar-refractivity contribution is 0.316. The third kappa shape index (κ3) is 6.16. The standard InChI is InChI=1S/C13H28N2/c1-3-4-7-11-15(2)12-10-14-13-8-5-6-9-13/h13-14H,3-12H2,1-2H3. The molecule has 1 N–H and O–H groups in total. The highest BCUT2D eigenvalue weighted by molar-refractivity contribution is 4.73. The number of nitrogens with one attached hydrogen (secondary N) is 1. The smallest absolute Gasteiger partial charge is 0.0104 e. The monoisotopic (exact) mass is 212 g/mol. The molecule has 1 saturated carbocycles. The molecule has 2 nitrogen and oxygen atoms in total. The molecule has 0 spiro atoms. The van der Waals surface area contributed by atoms with Crippen molar-refractivity contribution < 1.29 is 0 Å². The molecule has 0 radical (unpaired) electrons. The predicted octanol–water partition coefficient (Wildman–Crippen LogP) is 2.64. The van der Waals surface area contributed by atoms with Crippen LogP contribution >= 0.6 is 0 Å². The average molecular weight is 212 g/mol. The van der Waals surface area contributed by atoms with Gasteiger partial charge < -0.3 is 10.2 Å². The fourth-order valence-corrected chi connectivity index (χ4v) is 2.33. The van der Waals surface area contributed by atoms with E-state index < -0.39 is 0 Å². The molecule has 0 aromatic carbocycles. The molecule has 90 valence electrons. The highest BCUT2D eigenvalue weighted by Crippen LogP contribution is 2.17. The fraction of sp³-hybridized carbons (Fsp3) is 1.00. The Bertz CT molecular complexity index is 141. The molecule has 0 atom stereocenters. The Morgan fingerprint density at radius 1 is 1.13 bits per heavy atom. The van der Waals surface area contributed by atoms with Crippen molar-refractivity contribution in [3.63, 3.8) is 0 Å². The van der Waals surface area contributed by atoms with E-state index in [0.29, 0.717) is 0 Å². The van der Waals surface area contributed by atoms with Gasteiger partial charge >= 0.3 is 0 Å². The molecule has 0 saturated heterocycles. The molecule has 15 heavy (non-hydrogen) atoms. The topological polar surface area (TPSA) is 15.3 Å². The van der Waals surface area contributed by atoms with Crippen LogP contribution in [0, 0.1) is 0 Å². The Balaban J connectivity index is 1.89. The summed E-state index contributed by atoms with van der Waals surface area (Å²) in [6, 6.07) is 0.828. The predicted molar refractivity (Wildman–Crippen MR) is 67.3 cm³/mol. The average Bonchev–Trinajstić information content (AvgIpc) is 2.71. The van der Waals surface area contributed by atoms with Gasteiger partial charge in [-0.25, -0.2) is 0 Å². The van der Waals surface area contributed by atoms with Crippen LogP contribution in [0.3, 0.4) is 0 Å². The van der Waals surface area contributed by atoms with Crippen molar-refractivity contribution in [2.75, 3.05) is 26.7 Å². The third-order valence-electron chi connectivity index (χ3n) is 3.43. The lowest BCUT2D eigenvalue weighted by atomic mass is 10.2. The Kier molecular flexibility index (Phi) is 7.03. The van der Waals surface area contributed by atoms with E-state index >= 15 is 0 Å². The quantitative estimate of drug-likeness (QED) is 0.622. The van der Waals surface area contributed by atoms with Crippen molar-refractivity contribution in [1.29, 1.82) is 0 Å². The van der Waals surface area contributed by atoms with Crippen molar-refractivity contribution in [3.05, 3.63) is 0 Å². The van der Waals surface area contributed by atoms with Gasteiger partial charge in [0.15, 0.2) is 0 Å². The number of rotatable bonds is 8. The summed E-state index contributed by atoms with van der Waals surface area (Å²) in [5, 5.41) is 3.66. The number of nitrogens with zero attached hydrogens (tertiary/aromatic N) is 1. The molecule has 0 aliphatic heterocycles. The maximum Gasteiger partial charge on any atom is 0.0104 e. The molecule has 1 rings (SSSR count). The molecule has 1 fully saturated rings. The zero-order valence-electron chi connectivity index (χ0n) is 10.6. The largest absolute Gasteiger partial charge is 0.313 e. The second-order valence-corrected chi connectivity index (χ2v) is 4.95. The molecule has 0 amide bonds. The second-order valence-electron chi connectivity index (χ2n) is 4.95. The van der Waals surface area contributed by atoms with Gasteiger partial charge in [-0.3, -0.25) is 0 Å². The van der Waals surface area contributed by atoms with Crippen LogP contribution in [0.25, 0.3) is 0 Å². The number of hydrogen-bond acceptors (Lipinski definition) is 2. The van der Waals surface area contributed by atoms with E-state index in [1.165, 1.54) is 64.6 Å². The van der Waals surface area contributed by atoms with Crippen LogP contribution in [0.5, 0.6) is 0 Å². The SMILES string of the molecule is CCCCCN(C)CCNC1CCCC1. The maximum absolute atomic E-state index is 3.66. The van der Waals surface area contributed by atoms with Crippen molar-refractivity contribution in [3.8, 4) is 0 Å². The van der Waals surface area contributed by atoms with Crippen LogP contribution in [0.2, 0.25) is 0 Å². The molecule has 1 aliphatic carbocycles. The lowest BCUT2D eigenvalue weighted by Gasteiger charge is -2.18. The van der Waals surface area contributed by atoms with Gasteiger partial charge in [-0.2, -0.15) is 0 Å². The van der Waals surface area contributed by atoms with Gasteiger partial charge in [-0.1, -0.05) is 32.6 Å². The molecular weight excluding hydrogens is 184 g/mol. The minimum absolute atomic E-state index is 0.828. The third-order valence-corrected chi connectivity index (χ3v) is 3.43. The van der Waals surface area contributed by atoms with Crippen molar-refractivity contribution >= 4 is 0 Å². The Hall–Kier alpha value is -0.0800. The van der Waals surface area contributed by atoms with E-state index in [-0.39, 0.29) is 0 Å². The summed E-state index contributed by atoms with van der Waals surface area (Å²) in [6.07, 6.45) is 9.73. The first-order valence-electron chi connectivity index (χ1n) is 6.75. The van der Waals surface area contributed by atoms with Gasteiger partial charge in [0.2, 0.25) is 0 Å². The molecule has 0 bridgehead atoms. The van der Waals surface area contributed by atoms with Gasteiger partial charge in [0.25, 0.3) is 0 Å². The fourth-order valence-electron chi connectivity index (χ4n) is 2.33. The molecular formula is C13H28N2. The van der Waals surface area contributed by atoms with E-state index in [1.54, 1.807) is 0 Å². The van der Waals surface area contributed by atoms with Crippen LogP contribution in [-0.4, -0.2) is 37.6 Å². The van der Waals surface area contributed by atoms with E-state index in [1.807, 2.05) is 0 Å². The first-order chi connectivity index (χ1) is 7.33. The molecule has 0 aromatic rings. The van der Waals surface area contributed by atoms with Crippen molar-refractivity contribution in [1.82, 2.24) is 10.2 Å². The van der Waals surface area contributed by atoms with Crippen LogP contribution in [-0.2, 0) is 0 Å². The Labute approximate surface area is 95.4 Å². The van der Waals surface area contributed by atoms with Gasteiger partial charge in [-0.15, -0.1) is 0 Å². The first kappa shape index (κ1) is 13.0. The summed E-state index contributed by atoms with van der Waals surface area (Å²) in [7, 11) is 2.24. The van der Waals surface area contributed by atoms with Crippen LogP contribution in [0.4, 0.5) is 0 Å². The van der Waals surface area contributed by atoms with Crippen LogP contribution < -0.4 is 5.32 Å². The second kappa shape index (κ2) is 8.12. The Morgan fingerprint density at radius 2 is 1.87 bits per heavy atom. The molecule has 0 aromatic heterocycles. The van der Waals surface area contributed by atoms with Crippen LogP contribution in [0.1, 0.15) is 51.9 Å². The van der Waals surface area contributed by atoms with Gasteiger partial charge in [0, 0.05) is 19.1 Å². The lowest BCUT2D eigenvalue weighted by Crippen LogP contribution is -2.34. The molecule has 1 aliphatic rings. The summed E-state index contributed by atoms with van der Waals surface area (Å²) in [5.41, 5.74) is 0. The zero-order chi connectivity index (χ0) is 10.9. The van der Waals surface area contributed by atoms with Crippen molar-refractivity contribution in [2.45, 2.75) is 57.9 Å². The normalized spacial score (nSPS) is 17.8. The van der Waals surface area contributed by atoms with Crippen LogP contribution in [0.15, 0.2) is 0 Å². The van der Waals surface area contributed by atoms with Gasteiger partial charge in [0.05, 0.1) is 0 Å². The highest BCUT2D eigenvalue weighted by atomic mass is 15.1. The summed E-state index contributed by atoms with van der Waals surface area (Å²) in [4.78, 5) is 2.46. The summed E-state index contributed by atoms with van der Waals surface area (Å²) >= 11 is 0. The van der Waals surface area contributed by atoms with Gasteiger partial charge in [0.1, 0.15) is 0 Å². The van der Waals surface area contributed by atoms with E-state index in [2.05, 4.69) is 24.2 Å². The minimum atomic E-state index is 0.828. The number of unbranched alkanes of at least 4 members (excludes halogenated alkanes) is 2. The summed E-state index contributed by atoms with van der Waals surface area (Å²) < 4.78 is 0. The maximum atomic E-state index is 3.66. The minimum Gasteiger partial charge on any atom is -0.313 e. The molecule has 0 unspecified atom stereocenters. The first-order valence-corrected chi connectivity index (χ1v) is 6.75. The highest BCUT2D eigenvalue weighted by Gasteiger charge is 2.13. The summed E-state index contributed by atoms with van der Waals surface area (Å²) in [6.45, 7) is 5.91. The van der Waals surface area contributed by atoms with Crippen molar-refractivity contribution in [2.24, 2.45) is 0 Å². The summed E-state index contributed by atoms with van der Waals surface area (Å²) in [5.74, 6) is 0. The molecule has 0 heterocycles. The van der Waals surface area contributed by atoms with E-state index in [4.69, 9.17) is 0 Å². The number of likely N-dealkylation sites (N-methyl/N-ethyl adjacent to an activating group) is 1. The number of hydrogen-bond donors (Lipinski definition) is 1. The zero-order valence-corrected chi connectivity index (χ0v) is 10.6. The van der Waals surface area contributed by atoms with E-state index in [9.17, 15) is 0 Å². The molecule has 2 heteroatoms. The van der Waals surface area contributed by atoms with Gasteiger partial charge in [-0.05, 0) is 32.9 Å². The Morgan fingerprint density at radius 3 is 2.53 bits per heavy atom.